The van der Waals surface area contributed by atoms with Gasteiger partial charge in [0.2, 0.25) is 10.0 Å². The van der Waals surface area contributed by atoms with E-state index in [1.807, 2.05) is 0 Å². The van der Waals surface area contributed by atoms with E-state index >= 15 is 0 Å². The summed E-state index contributed by atoms with van der Waals surface area (Å²) >= 11 is 0. The molecule has 32 heavy (non-hydrogen) atoms. The van der Waals surface area contributed by atoms with E-state index in [1.165, 1.54) is 23.5 Å². The van der Waals surface area contributed by atoms with E-state index in [4.69, 9.17) is 9.47 Å². The maximum Gasteiger partial charge on any atom is 0.246 e. The lowest BCUT2D eigenvalue weighted by atomic mass is 10.1. The first-order chi connectivity index (χ1) is 15.4. The molecular formula is C21H20F2N4O4S. The standard InChI is InChI=1S/C21H20F2N4O4S/c1-30-19-6-2-14(12-20(19)32(28,29)27-8-10-31-11-9-27)17-5-7-21(26-25-17)24-18-13-15(22)3-4-16(18)23/h2-7,12-13H,8-11H2,1H3,(H,24,26). The van der Waals surface area contributed by atoms with Crippen molar-refractivity contribution in [3.8, 4) is 17.0 Å². The second-order valence-corrected chi connectivity index (χ2v) is 8.84. The van der Waals surface area contributed by atoms with E-state index in [-0.39, 0.29) is 35.2 Å². The fourth-order valence-electron chi connectivity index (χ4n) is 3.25. The average molecular weight is 462 g/mol. The lowest BCUT2D eigenvalue weighted by Crippen LogP contribution is -2.40. The number of halogens is 2. The molecule has 0 aliphatic carbocycles. The molecule has 1 aliphatic rings. The molecule has 1 N–H and O–H groups in total. The summed E-state index contributed by atoms with van der Waals surface area (Å²) in [5.74, 6) is -0.808. The van der Waals surface area contributed by atoms with Crippen LogP contribution in [0.25, 0.3) is 11.3 Å². The number of methoxy groups -OCH3 is 1. The Labute approximate surface area is 183 Å². The quantitative estimate of drug-likeness (QED) is 0.601. The van der Waals surface area contributed by atoms with Crippen LogP contribution in [0.4, 0.5) is 20.3 Å². The summed E-state index contributed by atoms with van der Waals surface area (Å²) in [6, 6.07) is 10.9. The molecule has 0 saturated carbocycles. The van der Waals surface area contributed by atoms with Crippen molar-refractivity contribution in [3.63, 3.8) is 0 Å². The number of morpholine rings is 1. The summed E-state index contributed by atoms with van der Waals surface area (Å²) in [7, 11) is -2.40. The fourth-order valence-corrected chi connectivity index (χ4v) is 4.84. The van der Waals surface area contributed by atoms with Crippen molar-refractivity contribution in [2.45, 2.75) is 4.90 Å². The summed E-state index contributed by atoms with van der Waals surface area (Å²) in [5, 5.41) is 10.7. The predicted molar refractivity (Wildman–Crippen MR) is 113 cm³/mol. The minimum Gasteiger partial charge on any atom is -0.495 e. The topological polar surface area (TPSA) is 93.7 Å². The molecule has 0 radical (unpaired) electrons. The highest BCUT2D eigenvalue weighted by Crippen LogP contribution is 2.32. The van der Waals surface area contributed by atoms with Crippen molar-refractivity contribution in [2.24, 2.45) is 0 Å². The summed E-state index contributed by atoms with van der Waals surface area (Å²) in [6.07, 6.45) is 0. The molecule has 4 rings (SSSR count). The van der Waals surface area contributed by atoms with Crippen LogP contribution in [0.15, 0.2) is 53.4 Å². The van der Waals surface area contributed by atoms with Gasteiger partial charge in [0.1, 0.15) is 22.3 Å². The number of hydrogen-bond donors (Lipinski definition) is 1. The molecule has 2 heterocycles. The van der Waals surface area contributed by atoms with E-state index in [9.17, 15) is 17.2 Å². The maximum atomic E-state index is 13.8. The molecule has 1 fully saturated rings. The monoisotopic (exact) mass is 462 g/mol. The van der Waals surface area contributed by atoms with Crippen molar-refractivity contribution in [1.29, 1.82) is 0 Å². The van der Waals surface area contributed by atoms with Gasteiger partial charge >= 0.3 is 0 Å². The van der Waals surface area contributed by atoms with E-state index in [0.717, 1.165) is 18.2 Å². The van der Waals surface area contributed by atoms with Gasteiger partial charge in [0.15, 0.2) is 5.82 Å². The molecule has 8 nitrogen and oxygen atoms in total. The number of sulfonamides is 1. The van der Waals surface area contributed by atoms with E-state index in [0.29, 0.717) is 24.5 Å². The minimum atomic E-state index is -3.80. The van der Waals surface area contributed by atoms with Crippen molar-refractivity contribution in [3.05, 3.63) is 60.2 Å². The third-order valence-electron chi connectivity index (χ3n) is 4.90. The van der Waals surface area contributed by atoms with Gasteiger partial charge in [-0.3, -0.25) is 0 Å². The van der Waals surface area contributed by atoms with Gasteiger partial charge in [0, 0.05) is 24.7 Å². The van der Waals surface area contributed by atoms with Gasteiger partial charge in [-0.1, -0.05) is 0 Å². The molecule has 0 unspecified atom stereocenters. The van der Waals surface area contributed by atoms with Gasteiger partial charge in [0.25, 0.3) is 0 Å². The molecule has 168 valence electrons. The van der Waals surface area contributed by atoms with Crippen molar-refractivity contribution in [2.75, 3.05) is 38.7 Å². The first kappa shape index (κ1) is 22.1. The number of hydrogen-bond acceptors (Lipinski definition) is 7. The van der Waals surface area contributed by atoms with Gasteiger partial charge in [-0.05, 0) is 42.5 Å². The van der Waals surface area contributed by atoms with Crippen LogP contribution in [-0.4, -0.2) is 56.3 Å². The van der Waals surface area contributed by atoms with Crippen LogP contribution in [0.5, 0.6) is 5.75 Å². The number of nitrogens with one attached hydrogen (secondary N) is 1. The Morgan fingerprint density at radius 3 is 2.50 bits per heavy atom. The third kappa shape index (κ3) is 4.54. The molecular weight excluding hydrogens is 442 g/mol. The molecule has 1 aliphatic heterocycles. The largest absolute Gasteiger partial charge is 0.495 e. The van der Waals surface area contributed by atoms with Crippen molar-refractivity contribution >= 4 is 21.5 Å². The summed E-state index contributed by atoms with van der Waals surface area (Å²) in [6.45, 7) is 1.17. The van der Waals surface area contributed by atoms with Gasteiger partial charge in [-0.15, -0.1) is 10.2 Å². The van der Waals surface area contributed by atoms with Gasteiger partial charge in [-0.25, -0.2) is 17.2 Å². The van der Waals surface area contributed by atoms with Crippen LogP contribution < -0.4 is 10.1 Å². The second kappa shape index (κ2) is 9.15. The molecule has 1 aromatic heterocycles. The van der Waals surface area contributed by atoms with Crippen LogP contribution in [0, 0.1) is 11.6 Å². The summed E-state index contributed by atoms with van der Waals surface area (Å²) < 4.78 is 65.3. The summed E-state index contributed by atoms with van der Waals surface area (Å²) in [4.78, 5) is 0.0187. The molecule has 3 aromatic rings. The molecule has 0 amide bonds. The SMILES string of the molecule is COc1ccc(-c2ccc(Nc3cc(F)ccc3F)nn2)cc1S(=O)(=O)N1CCOCC1. The zero-order chi connectivity index (χ0) is 22.7. The van der Waals surface area contributed by atoms with Crippen LogP contribution in [0.3, 0.4) is 0 Å². The molecule has 1 saturated heterocycles. The van der Waals surface area contributed by atoms with Crippen LogP contribution in [0.1, 0.15) is 0 Å². The number of ether oxygens (including phenoxy) is 2. The number of rotatable bonds is 6. The van der Waals surface area contributed by atoms with Crippen LogP contribution >= 0.6 is 0 Å². The Bertz CT molecular complexity index is 1220. The van der Waals surface area contributed by atoms with Crippen molar-refractivity contribution in [1.82, 2.24) is 14.5 Å². The fraction of sp³-hybridized carbons (Fsp3) is 0.238. The second-order valence-electron chi connectivity index (χ2n) is 6.94. The van der Waals surface area contributed by atoms with Crippen LogP contribution in [-0.2, 0) is 14.8 Å². The minimum absolute atomic E-state index is 0.0187. The average Bonchev–Trinajstić information content (AvgIpc) is 2.82. The summed E-state index contributed by atoms with van der Waals surface area (Å²) in [5.41, 5.74) is 0.834. The highest BCUT2D eigenvalue weighted by atomic mass is 32.2. The zero-order valence-corrected chi connectivity index (χ0v) is 17.9. The third-order valence-corrected chi connectivity index (χ3v) is 6.82. The first-order valence-electron chi connectivity index (χ1n) is 9.70. The first-order valence-corrected chi connectivity index (χ1v) is 11.1. The predicted octanol–water partition coefficient (Wildman–Crippen LogP) is 3.19. The Morgan fingerprint density at radius 1 is 1.03 bits per heavy atom. The van der Waals surface area contributed by atoms with Crippen molar-refractivity contribution < 1.29 is 26.7 Å². The molecule has 0 atom stereocenters. The zero-order valence-electron chi connectivity index (χ0n) is 17.1. The molecule has 0 bridgehead atoms. The van der Waals surface area contributed by atoms with E-state index in [2.05, 4.69) is 15.5 Å². The lowest BCUT2D eigenvalue weighted by Gasteiger charge is -2.26. The Kier molecular flexibility index (Phi) is 6.31. The smallest absolute Gasteiger partial charge is 0.246 e. The highest BCUT2D eigenvalue weighted by Gasteiger charge is 2.29. The van der Waals surface area contributed by atoms with E-state index in [1.54, 1.807) is 18.2 Å². The number of anilines is 2. The van der Waals surface area contributed by atoms with Crippen LogP contribution in [0.2, 0.25) is 0 Å². The highest BCUT2D eigenvalue weighted by molar-refractivity contribution is 7.89. The van der Waals surface area contributed by atoms with E-state index < -0.39 is 21.7 Å². The molecule has 11 heteroatoms. The number of aromatic nitrogens is 2. The van der Waals surface area contributed by atoms with Gasteiger partial charge in [0.05, 0.1) is 31.7 Å². The number of benzene rings is 2. The molecule has 0 spiro atoms. The van der Waals surface area contributed by atoms with Gasteiger partial charge in [-0.2, -0.15) is 4.31 Å². The Morgan fingerprint density at radius 2 is 1.81 bits per heavy atom. The normalized spacial score (nSPS) is 14.8. The maximum absolute atomic E-state index is 13.8. The Hall–Kier alpha value is -3.15. The van der Waals surface area contributed by atoms with Gasteiger partial charge < -0.3 is 14.8 Å². The number of nitrogens with zero attached hydrogens (tertiary/aromatic N) is 3. The Balaban J connectivity index is 1.62. The molecule has 2 aromatic carbocycles. The lowest BCUT2D eigenvalue weighted by molar-refractivity contribution is 0.0729.